The van der Waals surface area contributed by atoms with Crippen LogP contribution in [0.25, 0.3) is 11.1 Å². The predicted molar refractivity (Wildman–Crippen MR) is 91.4 cm³/mol. The molecule has 0 nitrogen and oxygen atoms in total. The van der Waals surface area contributed by atoms with Crippen molar-refractivity contribution in [1.82, 2.24) is 0 Å². The first kappa shape index (κ1) is 15.9. The van der Waals surface area contributed by atoms with E-state index >= 15 is 0 Å². The molecule has 1 aliphatic rings. The Morgan fingerprint density at radius 3 is 1.96 bits per heavy atom. The molecule has 1 aliphatic carbocycles. The van der Waals surface area contributed by atoms with Gasteiger partial charge in [-0.25, -0.2) is 8.78 Å². The first-order valence-electron chi connectivity index (χ1n) is 8.37. The van der Waals surface area contributed by atoms with Gasteiger partial charge in [-0.15, -0.1) is 0 Å². The number of hydrogen-bond donors (Lipinski definition) is 0. The predicted octanol–water partition coefficient (Wildman–Crippen LogP) is 6.64. The van der Waals surface area contributed by atoms with Gasteiger partial charge in [0.15, 0.2) is 0 Å². The molecule has 0 aromatic heterocycles. The molecule has 0 spiro atoms. The molecule has 3 rings (SSSR count). The third kappa shape index (κ3) is 4.07. The van der Waals surface area contributed by atoms with Crippen LogP contribution in [0.5, 0.6) is 0 Å². The minimum atomic E-state index is -0.204. The Labute approximate surface area is 136 Å². The van der Waals surface area contributed by atoms with Gasteiger partial charge in [-0.05, 0) is 72.8 Å². The summed E-state index contributed by atoms with van der Waals surface area (Å²) in [6.45, 7) is 0. The van der Waals surface area contributed by atoms with Gasteiger partial charge in [0.05, 0.1) is 6.33 Å². The maximum atomic E-state index is 13.0. The van der Waals surface area contributed by atoms with Gasteiger partial charge >= 0.3 is 0 Å². The first-order chi connectivity index (χ1) is 11.3. The summed E-state index contributed by atoms with van der Waals surface area (Å²) in [5.74, 6) is 1.05. The van der Waals surface area contributed by atoms with Crippen molar-refractivity contribution in [3.8, 4) is 11.1 Å². The normalized spacial score (nSPS) is 21.7. The van der Waals surface area contributed by atoms with E-state index in [0.29, 0.717) is 18.2 Å². The zero-order chi connectivity index (χ0) is 16.1. The van der Waals surface area contributed by atoms with Crippen LogP contribution < -0.4 is 0 Å². The van der Waals surface area contributed by atoms with Gasteiger partial charge in [-0.2, -0.15) is 0 Å². The molecule has 2 aromatic rings. The summed E-state index contributed by atoms with van der Waals surface area (Å²) in [6, 6.07) is 15.3. The molecule has 2 aromatic carbocycles. The monoisotopic (exact) mass is 312 g/mol. The second-order valence-corrected chi connectivity index (χ2v) is 6.44. The van der Waals surface area contributed by atoms with Gasteiger partial charge in [0.25, 0.3) is 0 Å². The van der Waals surface area contributed by atoms with Gasteiger partial charge in [0.2, 0.25) is 0 Å². The van der Waals surface area contributed by atoms with E-state index in [1.165, 1.54) is 43.4 Å². The van der Waals surface area contributed by atoms with Crippen LogP contribution in [0.3, 0.4) is 0 Å². The molecule has 0 saturated heterocycles. The van der Waals surface area contributed by atoms with Crippen LogP contribution in [-0.2, 0) is 0 Å². The van der Waals surface area contributed by atoms with Crippen LogP contribution in [-0.4, -0.2) is 0 Å². The largest absolute Gasteiger partial charge is 0.216 e. The van der Waals surface area contributed by atoms with E-state index in [1.54, 1.807) is 6.08 Å². The summed E-state index contributed by atoms with van der Waals surface area (Å²) in [7, 11) is 0. The number of benzene rings is 2. The highest BCUT2D eigenvalue weighted by atomic mass is 19.1. The number of allylic oxidation sites excluding steroid dienone is 1. The van der Waals surface area contributed by atoms with Gasteiger partial charge in [0, 0.05) is 0 Å². The summed E-state index contributed by atoms with van der Waals surface area (Å²) < 4.78 is 25.1. The Bertz CT molecular complexity index is 633. The van der Waals surface area contributed by atoms with Crippen molar-refractivity contribution in [2.45, 2.75) is 38.0 Å². The molecule has 23 heavy (non-hydrogen) atoms. The molecule has 120 valence electrons. The second-order valence-electron chi connectivity index (χ2n) is 6.44. The highest BCUT2D eigenvalue weighted by molar-refractivity contribution is 5.63. The Morgan fingerprint density at radius 1 is 0.826 bits per heavy atom. The Hall–Kier alpha value is -1.96. The number of halogens is 2. The van der Waals surface area contributed by atoms with Crippen molar-refractivity contribution in [3.05, 3.63) is 72.3 Å². The molecule has 0 N–H and O–H groups in total. The number of rotatable bonds is 4. The molecule has 0 radical (unpaired) electrons. The summed E-state index contributed by atoms with van der Waals surface area (Å²) in [4.78, 5) is 0. The lowest BCUT2D eigenvalue weighted by atomic mass is 9.77. The molecule has 0 atom stereocenters. The lowest BCUT2D eigenvalue weighted by molar-refractivity contribution is 0.327. The van der Waals surface area contributed by atoms with Crippen molar-refractivity contribution >= 4 is 0 Å². The molecule has 0 unspecified atom stereocenters. The Balaban J connectivity index is 1.63. The first-order valence-corrected chi connectivity index (χ1v) is 8.37. The van der Waals surface area contributed by atoms with E-state index in [4.69, 9.17) is 0 Å². The molecule has 0 bridgehead atoms. The van der Waals surface area contributed by atoms with Gasteiger partial charge in [0.1, 0.15) is 5.82 Å². The van der Waals surface area contributed by atoms with Crippen molar-refractivity contribution < 1.29 is 8.78 Å². The van der Waals surface area contributed by atoms with Crippen LogP contribution in [0.1, 0.15) is 43.6 Å². The van der Waals surface area contributed by atoms with Crippen molar-refractivity contribution in [2.24, 2.45) is 5.92 Å². The van der Waals surface area contributed by atoms with Gasteiger partial charge in [-0.1, -0.05) is 42.5 Å². The molecule has 1 fully saturated rings. The Kier molecular flexibility index (Phi) is 5.22. The highest BCUT2D eigenvalue weighted by Crippen LogP contribution is 2.37. The molecule has 0 heterocycles. The van der Waals surface area contributed by atoms with Crippen LogP contribution in [0.4, 0.5) is 8.78 Å². The third-order valence-electron chi connectivity index (χ3n) is 4.96. The lowest BCUT2D eigenvalue weighted by Crippen LogP contribution is -2.12. The quantitative estimate of drug-likeness (QED) is 0.593. The molecule has 0 amide bonds. The highest BCUT2D eigenvalue weighted by Gasteiger charge is 2.21. The molecular weight excluding hydrogens is 290 g/mol. The summed E-state index contributed by atoms with van der Waals surface area (Å²) in [5, 5.41) is 0. The minimum absolute atomic E-state index is 0.204. The lowest BCUT2D eigenvalue weighted by Gasteiger charge is -2.28. The topological polar surface area (TPSA) is 0 Å². The maximum Gasteiger partial charge on any atom is 0.123 e. The SMILES string of the molecule is F/C=C/C[C@H]1CC[C@H](c2ccc(-c3ccc(F)cc3)cc2)CC1. The fraction of sp³-hybridized carbons (Fsp3) is 0.333. The summed E-state index contributed by atoms with van der Waals surface area (Å²) >= 11 is 0. The number of hydrogen-bond acceptors (Lipinski definition) is 0. The van der Waals surface area contributed by atoms with Crippen LogP contribution in [0.15, 0.2) is 60.9 Å². The van der Waals surface area contributed by atoms with E-state index in [0.717, 1.165) is 17.5 Å². The zero-order valence-electron chi connectivity index (χ0n) is 13.2. The molecule has 2 heteroatoms. The third-order valence-corrected chi connectivity index (χ3v) is 4.96. The summed E-state index contributed by atoms with van der Waals surface area (Å²) in [6.07, 6.45) is 7.89. The second kappa shape index (κ2) is 7.54. The molecule has 1 saturated carbocycles. The Morgan fingerprint density at radius 2 is 1.39 bits per heavy atom. The maximum absolute atomic E-state index is 13.0. The van der Waals surface area contributed by atoms with Crippen LogP contribution in [0.2, 0.25) is 0 Å². The average Bonchev–Trinajstić information content (AvgIpc) is 2.61. The zero-order valence-corrected chi connectivity index (χ0v) is 13.2. The van der Waals surface area contributed by atoms with Gasteiger partial charge < -0.3 is 0 Å². The molecule has 0 aliphatic heterocycles. The van der Waals surface area contributed by atoms with Crippen molar-refractivity contribution in [2.75, 3.05) is 0 Å². The fourth-order valence-electron chi connectivity index (χ4n) is 3.57. The van der Waals surface area contributed by atoms with E-state index in [1.807, 2.05) is 12.1 Å². The smallest absolute Gasteiger partial charge is 0.123 e. The van der Waals surface area contributed by atoms with E-state index in [9.17, 15) is 8.78 Å². The minimum Gasteiger partial charge on any atom is -0.216 e. The van der Waals surface area contributed by atoms with Crippen LogP contribution in [0, 0.1) is 11.7 Å². The standard InChI is InChI=1S/C21H22F2/c22-15-1-2-16-3-5-17(6-4-16)18-7-9-19(10-8-18)20-11-13-21(23)14-12-20/h1,7-17H,2-6H2/b15-1+/t16-,17-. The van der Waals surface area contributed by atoms with E-state index in [-0.39, 0.29) is 5.82 Å². The fourth-order valence-corrected chi connectivity index (χ4v) is 3.57. The van der Waals surface area contributed by atoms with E-state index < -0.39 is 0 Å². The van der Waals surface area contributed by atoms with Crippen molar-refractivity contribution in [3.63, 3.8) is 0 Å². The van der Waals surface area contributed by atoms with E-state index in [2.05, 4.69) is 24.3 Å². The van der Waals surface area contributed by atoms with Crippen LogP contribution >= 0.6 is 0 Å². The average molecular weight is 312 g/mol. The molecular formula is C21H22F2. The van der Waals surface area contributed by atoms with Crippen molar-refractivity contribution in [1.29, 1.82) is 0 Å². The van der Waals surface area contributed by atoms with Gasteiger partial charge in [-0.3, -0.25) is 0 Å². The summed E-state index contributed by atoms with van der Waals surface area (Å²) in [5.41, 5.74) is 3.55.